The summed E-state index contributed by atoms with van der Waals surface area (Å²) in [6.07, 6.45) is 3.75. The van der Waals surface area contributed by atoms with Crippen LogP contribution in [0.2, 0.25) is 0 Å². The molecule has 3 aromatic rings. The van der Waals surface area contributed by atoms with Crippen LogP contribution in [0.4, 0.5) is 20.9 Å². The van der Waals surface area contributed by atoms with E-state index in [4.69, 9.17) is 0 Å². The second kappa shape index (κ2) is 7.33. The molecule has 0 radical (unpaired) electrons. The number of aromatic hydroxyl groups is 1. The fourth-order valence-electron chi connectivity index (χ4n) is 3.68. The van der Waals surface area contributed by atoms with Crippen molar-refractivity contribution < 1.29 is 9.50 Å². The molecule has 0 unspecified atom stereocenters. The molecule has 0 spiro atoms. The average molecular weight is 406 g/mol. The summed E-state index contributed by atoms with van der Waals surface area (Å²) in [6, 6.07) is 14.8. The molecule has 7 heteroatoms. The molecular weight excluding hydrogens is 387 g/mol. The number of nitrogens with zero attached hydrogens (tertiary/aromatic N) is 4. The van der Waals surface area contributed by atoms with Gasteiger partial charge in [-0.15, -0.1) is 0 Å². The molecule has 5 rings (SSSR count). The van der Waals surface area contributed by atoms with Gasteiger partial charge in [-0.3, -0.25) is 4.99 Å². The summed E-state index contributed by atoms with van der Waals surface area (Å²) >= 11 is 1.46. The zero-order valence-electron chi connectivity index (χ0n) is 15.6. The van der Waals surface area contributed by atoms with Crippen LogP contribution in [0.3, 0.4) is 0 Å². The molecule has 2 aliphatic heterocycles. The Hall–Kier alpha value is -3.19. The van der Waals surface area contributed by atoms with Gasteiger partial charge in [0.1, 0.15) is 5.82 Å². The molecule has 146 valence electrons. The van der Waals surface area contributed by atoms with Crippen LogP contribution in [0.1, 0.15) is 10.4 Å². The minimum atomic E-state index is -0.194. The predicted octanol–water partition coefficient (Wildman–Crippen LogP) is 4.57. The van der Waals surface area contributed by atoms with Gasteiger partial charge in [0.2, 0.25) is 5.88 Å². The third kappa shape index (κ3) is 3.38. The van der Waals surface area contributed by atoms with E-state index in [-0.39, 0.29) is 11.7 Å². The van der Waals surface area contributed by atoms with Gasteiger partial charge in [-0.2, -0.15) is 4.98 Å². The van der Waals surface area contributed by atoms with Crippen molar-refractivity contribution in [1.82, 2.24) is 4.98 Å². The topological polar surface area (TPSA) is 52.0 Å². The van der Waals surface area contributed by atoms with Crippen molar-refractivity contribution in [1.29, 1.82) is 0 Å². The first-order chi connectivity index (χ1) is 14.2. The molecule has 0 atom stereocenters. The zero-order valence-corrected chi connectivity index (χ0v) is 16.4. The molecule has 29 heavy (non-hydrogen) atoms. The Bertz CT molecular complexity index is 1120. The lowest BCUT2D eigenvalue weighted by atomic mass is 10.1. The van der Waals surface area contributed by atoms with Crippen molar-refractivity contribution in [2.75, 3.05) is 36.0 Å². The number of piperazine rings is 1. The number of benzene rings is 2. The SMILES string of the molecule is Oc1nc(N2CCN(c3ccccc3F)CC2)sc1/C=C1\C=Nc2ccccc21. The van der Waals surface area contributed by atoms with Gasteiger partial charge < -0.3 is 14.9 Å². The van der Waals surface area contributed by atoms with E-state index in [9.17, 15) is 9.50 Å². The van der Waals surface area contributed by atoms with Crippen LogP contribution in [0.5, 0.6) is 5.88 Å². The maximum atomic E-state index is 14.0. The van der Waals surface area contributed by atoms with E-state index in [1.54, 1.807) is 6.07 Å². The highest BCUT2D eigenvalue weighted by Gasteiger charge is 2.23. The summed E-state index contributed by atoms with van der Waals surface area (Å²) in [5, 5.41) is 11.1. The summed E-state index contributed by atoms with van der Waals surface area (Å²) in [5.41, 5.74) is 3.60. The number of aromatic nitrogens is 1. The molecule has 2 aromatic carbocycles. The number of para-hydroxylation sites is 2. The second-order valence-electron chi connectivity index (χ2n) is 6.98. The number of halogens is 1. The van der Waals surface area contributed by atoms with E-state index in [1.807, 2.05) is 53.6 Å². The number of allylic oxidation sites excluding steroid dienone is 1. The molecule has 3 heterocycles. The van der Waals surface area contributed by atoms with Gasteiger partial charge in [0.25, 0.3) is 0 Å². The van der Waals surface area contributed by atoms with Crippen LogP contribution in [0, 0.1) is 5.82 Å². The first-order valence-electron chi connectivity index (χ1n) is 9.48. The quantitative estimate of drug-likeness (QED) is 0.692. The number of rotatable bonds is 3. The summed E-state index contributed by atoms with van der Waals surface area (Å²) in [7, 11) is 0. The highest BCUT2D eigenvalue weighted by molar-refractivity contribution is 7.16. The molecule has 0 saturated carbocycles. The van der Waals surface area contributed by atoms with Gasteiger partial charge in [-0.25, -0.2) is 4.39 Å². The van der Waals surface area contributed by atoms with Crippen molar-refractivity contribution in [3.63, 3.8) is 0 Å². The minimum absolute atomic E-state index is 0.0341. The first-order valence-corrected chi connectivity index (χ1v) is 10.3. The van der Waals surface area contributed by atoms with E-state index in [2.05, 4.69) is 14.9 Å². The number of hydrogen-bond acceptors (Lipinski definition) is 6. The molecular formula is C22H19FN4OS. The summed E-state index contributed by atoms with van der Waals surface area (Å²) < 4.78 is 14.0. The van der Waals surface area contributed by atoms with Gasteiger partial charge in [0.15, 0.2) is 5.13 Å². The Morgan fingerprint density at radius 3 is 2.52 bits per heavy atom. The maximum absolute atomic E-state index is 14.0. The molecule has 2 aliphatic rings. The molecule has 0 amide bonds. The Morgan fingerprint density at radius 2 is 1.69 bits per heavy atom. The van der Waals surface area contributed by atoms with Crippen molar-refractivity contribution >= 4 is 45.7 Å². The number of aliphatic imine (C=N–C) groups is 1. The largest absolute Gasteiger partial charge is 0.492 e. The predicted molar refractivity (Wildman–Crippen MR) is 117 cm³/mol. The van der Waals surface area contributed by atoms with E-state index >= 15 is 0 Å². The molecule has 1 fully saturated rings. The fraction of sp³-hybridized carbons (Fsp3) is 0.182. The van der Waals surface area contributed by atoms with Crippen molar-refractivity contribution in [2.45, 2.75) is 0 Å². The number of thiazole rings is 1. The zero-order chi connectivity index (χ0) is 19.8. The van der Waals surface area contributed by atoms with Gasteiger partial charge in [0.05, 0.1) is 16.3 Å². The Kier molecular flexibility index (Phi) is 4.52. The Labute approximate surface area is 172 Å². The van der Waals surface area contributed by atoms with E-state index in [1.165, 1.54) is 17.4 Å². The lowest BCUT2D eigenvalue weighted by molar-refractivity contribution is 0.455. The lowest BCUT2D eigenvalue weighted by Crippen LogP contribution is -2.46. The second-order valence-corrected chi connectivity index (χ2v) is 7.99. The van der Waals surface area contributed by atoms with E-state index < -0.39 is 0 Å². The number of anilines is 2. The highest BCUT2D eigenvalue weighted by Crippen LogP contribution is 2.37. The lowest BCUT2D eigenvalue weighted by Gasteiger charge is -2.36. The monoisotopic (exact) mass is 406 g/mol. The third-order valence-corrected chi connectivity index (χ3v) is 6.26. The fourth-order valence-corrected chi connectivity index (χ4v) is 4.65. The van der Waals surface area contributed by atoms with Crippen molar-refractivity contribution in [3.8, 4) is 5.88 Å². The Morgan fingerprint density at radius 1 is 0.966 bits per heavy atom. The third-order valence-electron chi connectivity index (χ3n) is 5.21. The first kappa shape index (κ1) is 17.9. The van der Waals surface area contributed by atoms with Crippen LogP contribution < -0.4 is 9.80 Å². The van der Waals surface area contributed by atoms with Gasteiger partial charge in [-0.05, 0) is 24.3 Å². The number of fused-ring (bicyclic) bond motifs is 1. The summed E-state index contributed by atoms with van der Waals surface area (Å²) in [4.78, 5) is 13.7. The summed E-state index contributed by atoms with van der Waals surface area (Å²) in [5.74, 6) is -0.160. The van der Waals surface area contributed by atoms with Gasteiger partial charge in [-0.1, -0.05) is 41.7 Å². The van der Waals surface area contributed by atoms with Crippen molar-refractivity contribution in [3.05, 3.63) is 64.8 Å². The van der Waals surface area contributed by atoms with Crippen LogP contribution in [0.25, 0.3) is 11.6 Å². The number of hydrogen-bond donors (Lipinski definition) is 1. The van der Waals surface area contributed by atoms with Crippen LogP contribution >= 0.6 is 11.3 Å². The van der Waals surface area contributed by atoms with Gasteiger partial charge in [0, 0.05) is 43.5 Å². The maximum Gasteiger partial charge on any atom is 0.231 e. The molecule has 0 bridgehead atoms. The Balaban J connectivity index is 1.33. The van der Waals surface area contributed by atoms with Crippen LogP contribution in [-0.2, 0) is 0 Å². The normalized spacial score (nSPS) is 17.2. The molecule has 1 N–H and O–H groups in total. The average Bonchev–Trinajstić information content (AvgIpc) is 3.33. The molecule has 5 nitrogen and oxygen atoms in total. The van der Waals surface area contributed by atoms with E-state index in [0.29, 0.717) is 18.8 Å². The van der Waals surface area contributed by atoms with Crippen molar-refractivity contribution in [2.24, 2.45) is 4.99 Å². The summed E-state index contributed by atoms with van der Waals surface area (Å²) in [6.45, 7) is 2.86. The highest BCUT2D eigenvalue weighted by atomic mass is 32.1. The van der Waals surface area contributed by atoms with Gasteiger partial charge >= 0.3 is 0 Å². The van der Waals surface area contributed by atoms with E-state index in [0.717, 1.165) is 39.9 Å². The molecule has 1 saturated heterocycles. The van der Waals surface area contributed by atoms with Crippen LogP contribution in [0.15, 0.2) is 53.5 Å². The molecule has 1 aromatic heterocycles. The van der Waals surface area contributed by atoms with Crippen LogP contribution in [-0.4, -0.2) is 42.5 Å². The minimum Gasteiger partial charge on any atom is -0.492 e. The smallest absolute Gasteiger partial charge is 0.231 e. The standard InChI is InChI=1S/C22H19FN4OS/c23-17-6-2-4-8-19(17)26-9-11-27(12-10-26)22-25-21(28)20(29-22)13-15-14-24-18-7-3-1-5-16(15)18/h1-8,13-14,28H,9-12H2/b15-13+. The molecule has 0 aliphatic carbocycles.